The highest BCUT2D eigenvalue weighted by Crippen LogP contribution is 2.68. The van der Waals surface area contributed by atoms with E-state index < -0.39 is 8.32 Å². The molecule has 0 aromatic heterocycles. The number of rotatable bonds is 6. The molecule has 32 heavy (non-hydrogen) atoms. The molecule has 3 nitrogen and oxygen atoms in total. The number of allylic oxidation sites excluding steroid dienone is 2. The fourth-order valence-corrected chi connectivity index (χ4v) is 9.70. The Hall–Kier alpha value is -0.773. The number of methoxy groups -OCH3 is 1. The minimum absolute atomic E-state index is 0.0578. The Kier molecular flexibility index (Phi) is 6.68. The summed E-state index contributed by atoms with van der Waals surface area (Å²) >= 11 is 0. The lowest BCUT2D eigenvalue weighted by Crippen LogP contribution is -2.53. The van der Waals surface area contributed by atoms with Gasteiger partial charge in [-0.1, -0.05) is 33.6 Å². The third kappa shape index (κ3) is 4.23. The maximum absolute atomic E-state index is 11.8. The highest BCUT2D eigenvalue weighted by Gasteiger charge is 2.61. The number of fused-ring (bicyclic) bond motifs is 5. The van der Waals surface area contributed by atoms with Crippen molar-refractivity contribution >= 4 is 14.3 Å². The van der Waals surface area contributed by atoms with Gasteiger partial charge in [-0.3, -0.25) is 4.79 Å². The molecular formula is C28H48O3Si. The quantitative estimate of drug-likeness (QED) is 0.303. The van der Waals surface area contributed by atoms with E-state index in [0.29, 0.717) is 40.9 Å². The lowest BCUT2D eigenvalue weighted by Gasteiger charge is -2.60. The molecule has 0 aromatic rings. The van der Waals surface area contributed by atoms with Crippen LogP contribution in [-0.4, -0.2) is 21.4 Å². The number of ether oxygens (including phenoxy) is 1. The monoisotopic (exact) mass is 460 g/mol. The molecule has 4 rings (SSSR count). The van der Waals surface area contributed by atoms with Crippen LogP contribution in [0.2, 0.25) is 19.6 Å². The third-order valence-corrected chi connectivity index (χ3v) is 11.2. The van der Waals surface area contributed by atoms with Crippen LogP contribution in [0.15, 0.2) is 11.8 Å². The molecule has 4 aliphatic carbocycles. The van der Waals surface area contributed by atoms with Gasteiger partial charge in [0.1, 0.15) is 0 Å². The molecule has 182 valence electrons. The van der Waals surface area contributed by atoms with E-state index in [9.17, 15) is 4.79 Å². The first-order chi connectivity index (χ1) is 15.0. The van der Waals surface area contributed by atoms with Crippen LogP contribution in [0.4, 0.5) is 0 Å². The third-order valence-electron chi connectivity index (χ3n) is 10.4. The Labute approximate surface area is 198 Å². The minimum atomic E-state index is -1.66. The molecule has 0 saturated heterocycles. The van der Waals surface area contributed by atoms with Gasteiger partial charge in [0, 0.05) is 12.3 Å². The van der Waals surface area contributed by atoms with Crippen molar-refractivity contribution in [1.82, 2.24) is 0 Å². The lowest BCUT2D eigenvalue weighted by atomic mass is 9.46. The second-order valence-corrected chi connectivity index (χ2v) is 17.6. The van der Waals surface area contributed by atoms with Crippen molar-refractivity contribution in [2.45, 2.75) is 105 Å². The first-order valence-electron chi connectivity index (χ1n) is 13.5. The molecule has 0 radical (unpaired) electrons. The fraction of sp³-hybridized carbons (Fsp3) is 0.893. The summed E-state index contributed by atoms with van der Waals surface area (Å²) < 4.78 is 11.9. The van der Waals surface area contributed by atoms with Gasteiger partial charge in [-0.25, -0.2) is 0 Å². The molecule has 8 atom stereocenters. The smallest absolute Gasteiger partial charge is 0.305 e. The van der Waals surface area contributed by atoms with Gasteiger partial charge in [0.15, 0.2) is 0 Å². The molecule has 3 saturated carbocycles. The van der Waals surface area contributed by atoms with Crippen LogP contribution in [0.5, 0.6) is 0 Å². The molecule has 4 aliphatic rings. The molecule has 4 heteroatoms. The molecule has 0 N–H and O–H groups in total. The largest absolute Gasteiger partial charge is 0.547 e. The zero-order valence-corrected chi connectivity index (χ0v) is 22.8. The molecule has 0 aromatic carbocycles. The molecule has 0 amide bonds. The summed E-state index contributed by atoms with van der Waals surface area (Å²) in [6.07, 6.45) is 15.1. The van der Waals surface area contributed by atoms with E-state index in [-0.39, 0.29) is 5.97 Å². The van der Waals surface area contributed by atoms with Gasteiger partial charge in [-0.2, -0.15) is 0 Å². The van der Waals surface area contributed by atoms with Gasteiger partial charge in [0.25, 0.3) is 0 Å². The highest BCUT2D eigenvalue weighted by molar-refractivity contribution is 6.70. The Balaban J connectivity index is 1.63. The number of carbonyl (C=O) groups excluding carboxylic acids is 1. The van der Waals surface area contributed by atoms with E-state index in [4.69, 9.17) is 9.16 Å². The highest BCUT2D eigenvalue weighted by atomic mass is 28.4. The lowest BCUT2D eigenvalue weighted by molar-refractivity contribution is -0.141. The Morgan fingerprint density at radius 2 is 1.78 bits per heavy atom. The van der Waals surface area contributed by atoms with Crippen LogP contribution >= 0.6 is 0 Å². The van der Waals surface area contributed by atoms with Gasteiger partial charge in [-0.05, 0) is 111 Å². The van der Waals surface area contributed by atoms with E-state index in [1.165, 1.54) is 64.2 Å². The van der Waals surface area contributed by atoms with Crippen molar-refractivity contribution in [3.63, 3.8) is 0 Å². The van der Waals surface area contributed by atoms with E-state index >= 15 is 0 Å². The topological polar surface area (TPSA) is 35.5 Å². The SMILES string of the molecule is COC(=O)CC[C@@H](C)[C@H]1CCC2C3C(O[Si](C)(C)C)=C[C@@H]4CCCC[C@]4(C)C3CC[C@@]21C. The van der Waals surface area contributed by atoms with Crippen LogP contribution in [0.25, 0.3) is 0 Å². The molecule has 0 bridgehead atoms. The Bertz CT molecular complexity index is 739. The molecule has 0 spiro atoms. The summed E-state index contributed by atoms with van der Waals surface area (Å²) in [4.78, 5) is 11.8. The van der Waals surface area contributed by atoms with Gasteiger partial charge in [0.2, 0.25) is 8.32 Å². The van der Waals surface area contributed by atoms with Crippen molar-refractivity contribution in [3.05, 3.63) is 11.8 Å². The first-order valence-corrected chi connectivity index (χ1v) is 16.9. The minimum Gasteiger partial charge on any atom is -0.547 e. The van der Waals surface area contributed by atoms with E-state index in [2.05, 4.69) is 46.5 Å². The van der Waals surface area contributed by atoms with Gasteiger partial charge < -0.3 is 9.16 Å². The van der Waals surface area contributed by atoms with Crippen LogP contribution in [0, 0.1) is 46.3 Å². The zero-order chi connectivity index (χ0) is 23.3. The van der Waals surface area contributed by atoms with Gasteiger partial charge in [-0.15, -0.1) is 0 Å². The first kappa shape index (κ1) is 24.4. The summed E-state index contributed by atoms with van der Waals surface area (Å²) in [6, 6.07) is 0. The molecule has 0 aliphatic heterocycles. The molecule has 0 heterocycles. The molecule has 3 unspecified atom stereocenters. The van der Waals surface area contributed by atoms with E-state index in [0.717, 1.165) is 18.3 Å². The summed E-state index contributed by atoms with van der Waals surface area (Å²) in [5, 5.41) is 0. The predicted octanol–water partition coefficient (Wildman–Crippen LogP) is 7.58. The van der Waals surface area contributed by atoms with Crippen LogP contribution in [0.1, 0.15) is 85.0 Å². The number of esters is 1. The van der Waals surface area contributed by atoms with E-state index in [1.807, 2.05) is 0 Å². The van der Waals surface area contributed by atoms with Crippen molar-refractivity contribution in [1.29, 1.82) is 0 Å². The van der Waals surface area contributed by atoms with Crippen LogP contribution in [-0.2, 0) is 14.0 Å². The van der Waals surface area contributed by atoms with Crippen LogP contribution in [0.3, 0.4) is 0 Å². The van der Waals surface area contributed by atoms with Crippen molar-refractivity contribution in [3.8, 4) is 0 Å². The second kappa shape index (κ2) is 8.78. The Morgan fingerprint density at radius 3 is 2.47 bits per heavy atom. The van der Waals surface area contributed by atoms with Crippen molar-refractivity contribution in [2.24, 2.45) is 46.3 Å². The average Bonchev–Trinajstić information content (AvgIpc) is 3.08. The fourth-order valence-electron chi connectivity index (χ4n) is 8.78. The maximum atomic E-state index is 11.8. The predicted molar refractivity (Wildman–Crippen MR) is 134 cm³/mol. The van der Waals surface area contributed by atoms with Gasteiger partial charge >= 0.3 is 5.97 Å². The average molecular weight is 461 g/mol. The van der Waals surface area contributed by atoms with E-state index in [1.54, 1.807) is 0 Å². The molecule has 3 fully saturated rings. The van der Waals surface area contributed by atoms with Crippen molar-refractivity contribution in [2.75, 3.05) is 7.11 Å². The summed E-state index contributed by atoms with van der Waals surface area (Å²) in [7, 11) is -0.148. The number of carbonyl (C=O) groups is 1. The standard InChI is InChI=1S/C28H48O3Si/c1-19(11-14-25(29)30-4)21-12-13-22-26-23(15-17-28(21,22)3)27(2)16-9-8-10-20(27)18-24(26)31-32(5,6)7/h18-23,26H,8-17H2,1-7H3/t19-,20+,21-,22?,23?,26?,27+,28-/m1/s1. The summed E-state index contributed by atoms with van der Waals surface area (Å²) in [6.45, 7) is 14.7. The number of hydrogen-bond acceptors (Lipinski definition) is 3. The number of hydrogen-bond donors (Lipinski definition) is 0. The summed E-state index contributed by atoms with van der Waals surface area (Å²) in [5.74, 6) is 5.47. The van der Waals surface area contributed by atoms with Crippen LogP contribution < -0.4 is 0 Å². The van der Waals surface area contributed by atoms with Gasteiger partial charge in [0.05, 0.1) is 12.9 Å². The van der Waals surface area contributed by atoms with Crippen molar-refractivity contribution < 1.29 is 14.0 Å². The maximum Gasteiger partial charge on any atom is 0.305 e. The second-order valence-electron chi connectivity index (χ2n) is 13.2. The molecular weight excluding hydrogens is 412 g/mol. The summed E-state index contributed by atoms with van der Waals surface area (Å²) in [5.41, 5.74) is 0.835. The normalized spacial score (nSPS) is 42.2. The zero-order valence-electron chi connectivity index (χ0n) is 21.8. The Morgan fingerprint density at radius 1 is 1.06 bits per heavy atom.